The largest absolute Gasteiger partial charge is 0.493 e. The topological polar surface area (TPSA) is 86.8 Å². The molecule has 0 radical (unpaired) electrons. The fraction of sp³-hybridized carbons (Fsp3) is 0.286. The van der Waals surface area contributed by atoms with Gasteiger partial charge in [-0.3, -0.25) is 19.9 Å². The van der Waals surface area contributed by atoms with E-state index in [1.54, 1.807) is 12.3 Å². The monoisotopic (exact) mass is 412 g/mol. The Morgan fingerprint density at radius 2 is 1.93 bits per heavy atom. The molecular formula is C21H20N2O5S. The molecule has 2 saturated heterocycles. The first-order valence-corrected chi connectivity index (χ1v) is 10.0. The number of ether oxygens (including phenoxy) is 3. The van der Waals surface area contributed by atoms with Gasteiger partial charge in [0.05, 0.1) is 24.7 Å². The summed E-state index contributed by atoms with van der Waals surface area (Å²) in [6.45, 7) is 3.57. The first kappa shape index (κ1) is 19.6. The number of rotatable bonds is 6. The Kier molecular flexibility index (Phi) is 5.66. The van der Waals surface area contributed by atoms with Gasteiger partial charge >= 0.3 is 0 Å². The number of benzene rings is 1. The summed E-state index contributed by atoms with van der Waals surface area (Å²) < 4.78 is 17.0. The molecule has 2 aliphatic rings. The van der Waals surface area contributed by atoms with Crippen LogP contribution in [-0.4, -0.2) is 36.0 Å². The average molecular weight is 412 g/mol. The number of imide groups is 1. The summed E-state index contributed by atoms with van der Waals surface area (Å²) in [7, 11) is 0. The van der Waals surface area contributed by atoms with Gasteiger partial charge in [-0.2, -0.15) is 0 Å². The Bertz CT molecular complexity index is 935. The van der Waals surface area contributed by atoms with E-state index >= 15 is 0 Å². The summed E-state index contributed by atoms with van der Waals surface area (Å²) in [6.07, 6.45) is 4.13. The molecule has 1 N–H and O–H groups in total. The molecule has 0 saturated carbocycles. The van der Waals surface area contributed by atoms with Gasteiger partial charge in [-0.25, -0.2) is 0 Å². The van der Waals surface area contributed by atoms with Crippen LogP contribution in [0.15, 0.2) is 47.5 Å². The highest BCUT2D eigenvalue weighted by Gasteiger charge is 2.33. The molecule has 8 heteroatoms. The third-order valence-corrected chi connectivity index (χ3v) is 5.44. The molecule has 2 amide bonds. The van der Waals surface area contributed by atoms with Gasteiger partial charge in [-0.1, -0.05) is 18.2 Å². The fourth-order valence-corrected chi connectivity index (χ4v) is 3.71. The molecule has 3 heterocycles. The van der Waals surface area contributed by atoms with Crippen LogP contribution in [0.2, 0.25) is 0 Å². The van der Waals surface area contributed by atoms with E-state index in [2.05, 4.69) is 10.3 Å². The van der Waals surface area contributed by atoms with Crippen LogP contribution in [-0.2, 0) is 26.5 Å². The summed E-state index contributed by atoms with van der Waals surface area (Å²) in [5.74, 6) is -0.341. The minimum Gasteiger partial charge on any atom is -0.493 e. The van der Waals surface area contributed by atoms with Gasteiger partial charge in [0.2, 0.25) is 0 Å². The van der Waals surface area contributed by atoms with Gasteiger partial charge < -0.3 is 14.2 Å². The van der Waals surface area contributed by atoms with Crippen molar-refractivity contribution in [2.24, 2.45) is 0 Å². The zero-order valence-electron chi connectivity index (χ0n) is 15.8. The Balaban J connectivity index is 1.29. The van der Waals surface area contributed by atoms with E-state index in [9.17, 15) is 9.59 Å². The molecule has 29 heavy (non-hydrogen) atoms. The van der Waals surface area contributed by atoms with Gasteiger partial charge in [0.15, 0.2) is 5.79 Å². The zero-order chi connectivity index (χ0) is 20.3. The fourth-order valence-electron chi connectivity index (χ4n) is 3.03. The predicted octanol–water partition coefficient (Wildman–Crippen LogP) is 3.25. The first-order valence-electron chi connectivity index (χ1n) is 9.23. The third-order valence-electron chi connectivity index (χ3n) is 4.63. The molecule has 2 fully saturated rings. The molecule has 1 aromatic heterocycles. The summed E-state index contributed by atoms with van der Waals surface area (Å²) in [5.41, 5.74) is 2.65. The lowest BCUT2D eigenvalue weighted by molar-refractivity contribution is -0.150. The van der Waals surface area contributed by atoms with E-state index < -0.39 is 5.79 Å². The summed E-state index contributed by atoms with van der Waals surface area (Å²) in [4.78, 5) is 27.6. The third kappa shape index (κ3) is 4.67. The number of thioether (sulfide) groups is 1. The molecule has 1 aromatic carbocycles. The number of nitrogens with zero attached hydrogens (tertiary/aromatic N) is 1. The molecule has 0 aliphatic carbocycles. The maximum atomic E-state index is 11.6. The normalized spacial score (nSPS) is 19.6. The van der Waals surface area contributed by atoms with Gasteiger partial charge in [-0.15, -0.1) is 0 Å². The van der Waals surface area contributed by atoms with Crippen molar-refractivity contribution in [3.63, 3.8) is 0 Å². The zero-order valence-corrected chi connectivity index (χ0v) is 16.7. The highest BCUT2D eigenvalue weighted by Crippen LogP contribution is 2.30. The molecule has 2 aromatic rings. The van der Waals surface area contributed by atoms with Crippen LogP contribution >= 0.6 is 11.8 Å². The van der Waals surface area contributed by atoms with E-state index in [1.807, 2.05) is 43.3 Å². The number of pyridine rings is 1. The summed E-state index contributed by atoms with van der Waals surface area (Å²) in [6, 6.07) is 11.3. The SMILES string of the molecule is CC1(c2ccc(CCOc3ccc(/C=C4/SC(=O)NC4=O)cc3)nc2)OCCO1. The number of amides is 2. The molecule has 0 atom stereocenters. The van der Waals surface area contributed by atoms with Crippen LogP contribution < -0.4 is 10.1 Å². The van der Waals surface area contributed by atoms with E-state index in [0.717, 1.165) is 34.3 Å². The molecule has 2 aliphatic heterocycles. The second kappa shape index (κ2) is 8.36. The number of hydrogen-bond acceptors (Lipinski definition) is 7. The lowest BCUT2D eigenvalue weighted by Crippen LogP contribution is -2.22. The first-order chi connectivity index (χ1) is 14.0. The Hall–Kier alpha value is -2.68. The van der Waals surface area contributed by atoms with Crippen LogP contribution in [0.5, 0.6) is 5.75 Å². The second-order valence-corrected chi connectivity index (χ2v) is 7.72. The van der Waals surface area contributed by atoms with Crippen molar-refractivity contribution in [2.45, 2.75) is 19.1 Å². The molecule has 150 valence electrons. The molecule has 7 nitrogen and oxygen atoms in total. The van der Waals surface area contributed by atoms with Crippen molar-refractivity contribution in [2.75, 3.05) is 19.8 Å². The highest BCUT2D eigenvalue weighted by molar-refractivity contribution is 8.18. The Morgan fingerprint density at radius 1 is 1.17 bits per heavy atom. The van der Waals surface area contributed by atoms with Crippen molar-refractivity contribution in [1.29, 1.82) is 0 Å². The van der Waals surface area contributed by atoms with Crippen LogP contribution in [0.3, 0.4) is 0 Å². The Labute approximate surface area is 172 Å². The van der Waals surface area contributed by atoms with E-state index in [0.29, 0.717) is 31.1 Å². The van der Waals surface area contributed by atoms with Crippen LogP contribution in [0.4, 0.5) is 4.79 Å². The smallest absolute Gasteiger partial charge is 0.290 e. The van der Waals surface area contributed by atoms with Gasteiger partial charge in [0.1, 0.15) is 5.75 Å². The minimum atomic E-state index is -0.704. The lowest BCUT2D eigenvalue weighted by atomic mass is 10.1. The average Bonchev–Trinajstić information content (AvgIpc) is 3.29. The van der Waals surface area contributed by atoms with E-state index in [1.165, 1.54) is 0 Å². The molecule has 0 unspecified atom stereocenters. The number of nitrogens with one attached hydrogen (secondary N) is 1. The van der Waals surface area contributed by atoms with Crippen molar-refractivity contribution in [3.8, 4) is 5.75 Å². The number of aromatic nitrogens is 1. The Morgan fingerprint density at radius 3 is 2.55 bits per heavy atom. The van der Waals surface area contributed by atoms with Crippen molar-refractivity contribution >= 4 is 29.0 Å². The van der Waals surface area contributed by atoms with Crippen molar-refractivity contribution in [1.82, 2.24) is 10.3 Å². The molecule has 0 spiro atoms. The maximum Gasteiger partial charge on any atom is 0.290 e. The highest BCUT2D eigenvalue weighted by atomic mass is 32.2. The van der Waals surface area contributed by atoms with Gasteiger partial charge in [-0.05, 0) is 48.5 Å². The van der Waals surface area contributed by atoms with Crippen LogP contribution in [0, 0.1) is 0 Å². The van der Waals surface area contributed by atoms with Gasteiger partial charge in [0.25, 0.3) is 11.1 Å². The van der Waals surface area contributed by atoms with Crippen molar-refractivity contribution < 1.29 is 23.8 Å². The standard InChI is InChI=1S/C21H20N2O5S/c1-21(27-10-11-28-21)15-4-5-16(22-13-15)8-9-26-17-6-2-14(3-7-17)12-18-19(24)23-20(25)29-18/h2-7,12-13H,8-11H2,1H3,(H,23,24,25)/b18-12+. The summed E-state index contributed by atoms with van der Waals surface area (Å²) >= 11 is 0.900. The van der Waals surface area contributed by atoms with E-state index in [-0.39, 0.29) is 11.1 Å². The number of hydrogen-bond donors (Lipinski definition) is 1. The van der Waals surface area contributed by atoms with Gasteiger partial charge in [0, 0.05) is 23.9 Å². The van der Waals surface area contributed by atoms with Crippen LogP contribution in [0.25, 0.3) is 6.08 Å². The lowest BCUT2D eigenvalue weighted by Gasteiger charge is -2.22. The molecule has 4 rings (SSSR count). The predicted molar refractivity (Wildman–Crippen MR) is 108 cm³/mol. The molecule has 0 bridgehead atoms. The van der Waals surface area contributed by atoms with Crippen molar-refractivity contribution in [3.05, 3.63) is 64.3 Å². The number of carbonyl (C=O) groups excluding carboxylic acids is 2. The van der Waals surface area contributed by atoms with E-state index in [4.69, 9.17) is 14.2 Å². The summed E-state index contributed by atoms with van der Waals surface area (Å²) in [5, 5.41) is 1.89. The van der Waals surface area contributed by atoms with Crippen LogP contribution in [0.1, 0.15) is 23.7 Å². The second-order valence-electron chi connectivity index (χ2n) is 6.70. The molecular weight excluding hydrogens is 392 g/mol. The number of carbonyl (C=O) groups is 2. The minimum absolute atomic E-state index is 0.347. The quantitative estimate of drug-likeness (QED) is 0.729. The maximum absolute atomic E-state index is 11.6.